The lowest BCUT2D eigenvalue weighted by Gasteiger charge is -2.48. The quantitative estimate of drug-likeness (QED) is 0.104. The van der Waals surface area contributed by atoms with E-state index in [9.17, 15) is 19.5 Å². The van der Waals surface area contributed by atoms with Crippen LogP contribution in [0.1, 0.15) is 118 Å². The van der Waals surface area contributed by atoms with E-state index >= 15 is 0 Å². The van der Waals surface area contributed by atoms with Gasteiger partial charge in [0.2, 0.25) is 11.8 Å². The summed E-state index contributed by atoms with van der Waals surface area (Å²) in [6, 6.07) is 0. The van der Waals surface area contributed by atoms with Crippen molar-refractivity contribution in [2.75, 3.05) is 13.1 Å². The van der Waals surface area contributed by atoms with Crippen LogP contribution >= 0.6 is 0 Å². The van der Waals surface area contributed by atoms with Crippen molar-refractivity contribution in [2.45, 2.75) is 154 Å². The Kier molecular flexibility index (Phi) is 15.9. The Hall–Kier alpha value is -2.07. The summed E-state index contributed by atoms with van der Waals surface area (Å²) in [5.41, 5.74) is 0. The van der Waals surface area contributed by atoms with Crippen LogP contribution in [0.4, 0.5) is 0 Å². The average Bonchev–Trinajstić information content (AvgIpc) is 3.03. The van der Waals surface area contributed by atoms with Gasteiger partial charge in [-0.3, -0.25) is 14.4 Å². The number of ether oxygens (including phenoxy) is 3. The minimum atomic E-state index is -1.01. The number of carbonyl (C=O) groups is 3. The number of aliphatic hydroxyl groups is 1. The molecule has 3 saturated heterocycles. The van der Waals surface area contributed by atoms with Crippen molar-refractivity contribution in [1.82, 2.24) is 10.6 Å². The maximum absolute atomic E-state index is 12.8. The van der Waals surface area contributed by atoms with E-state index in [1.165, 1.54) is 0 Å². The largest absolute Gasteiger partial charge is 0.390 e. The van der Waals surface area contributed by atoms with E-state index < -0.39 is 17.8 Å². The first kappa shape index (κ1) is 38.4. The van der Waals surface area contributed by atoms with Gasteiger partial charge in [-0.15, -0.1) is 6.58 Å². The van der Waals surface area contributed by atoms with Gasteiger partial charge >= 0.3 is 0 Å². The second-order valence-electron chi connectivity index (χ2n) is 14.3. The lowest BCUT2D eigenvalue weighted by molar-refractivity contribution is -0.324. The molecule has 5 unspecified atom stereocenters. The fourth-order valence-corrected chi connectivity index (χ4v) is 6.95. The lowest BCUT2D eigenvalue weighted by Crippen LogP contribution is -2.50. The van der Waals surface area contributed by atoms with Crippen molar-refractivity contribution in [1.29, 1.82) is 0 Å². The molecule has 46 heavy (non-hydrogen) atoms. The molecule has 10 atom stereocenters. The third-order valence-corrected chi connectivity index (χ3v) is 10.4. The fraction of sp³-hybridized carbons (Fsp3) is 0.811. The molecular formula is C37H62N2O7. The summed E-state index contributed by atoms with van der Waals surface area (Å²) in [4.78, 5) is 37.4. The van der Waals surface area contributed by atoms with E-state index in [2.05, 4.69) is 38.0 Å². The van der Waals surface area contributed by atoms with Crippen LogP contribution in [-0.2, 0) is 28.6 Å². The van der Waals surface area contributed by atoms with Gasteiger partial charge in [0.1, 0.15) is 0 Å². The zero-order valence-electron chi connectivity index (χ0n) is 29.1. The van der Waals surface area contributed by atoms with Crippen molar-refractivity contribution >= 4 is 17.6 Å². The number of nitrogens with one attached hydrogen (secondary N) is 2. The Bertz CT molecular complexity index is 1020. The number of hydrogen-bond donors (Lipinski definition) is 3. The van der Waals surface area contributed by atoms with Gasteiger partial charge in [0.25, 0.3) is 0 Å². The van der Waals surface area contributed by atoms with Crippen LogP contribution in [0.5, 0.6) is 0 Å². The summed E-state index contributed by atoms with van der Waals surface area (Å²) in [5.74, 6) is -0.462. The maximum Gasteiger partial charge on any atom is 0.225 e. The highest BCUT2D eigenvalue weighted by atomic mass is 16.7. The predicted molar refractivity (Wildman–Crippen MR) is 180 cm³/mol. The third-order valence-electron chi connectivity index (χ3n) is 10.4. The van der Waals surface area contributed by atoms with Gasteiger partial charge in [0, 0.05) is 32.4 Å². The second kappa shape index (κ2) is 19.1. The predicted octanol–water partition coefficient (Wildman–Crippen LogP) is 5.79. The number of hydrogen-bond acceptors (Lipinski definition) is 7. The molecule has 0 aliphatic carbocycles. The van der Waals surface area contributed by atoms with Crippen molar-refractivity contribution in [3.05, 3.63) is 24.8 Å². The molecule has 3 aliphatic heterocycles. The maximum atomic E-state index is 12.8. The Morgan fingerprint density at radius 3 is 2.46 bits per heavy atom. The molecular weight excluding hydrogens is 584 g/mol. The van der Waals surface area contributed by atoms with E-state index in [4.69, 9.17) is 14.2 Å². The van der Waals surface area contributed by atoms with Gasteiger partial charge in [-0.05, 0) is 88.5 Å². The zero-order chi connectivity index (χ0) is 33.7. The summed E-state index contributed by atoms with van der Waals surface area (Å²) in [6.07, 6.45) is 15.2. The van der Waals surface area contributed by atoms with Crippen molar-refractivity contribution in [2.24, 2.45) is 23.7 Å². The van der Waals surface area contributed by atoms with Gasteiger partial charge in [0.05, 0.1) is 42.9 Å². The summed E-state index contributed by atoms with van der Waals surface area (Å²) in [5, 5.41) is 16.4. The smallest absolute Gasteiger partial charge is 0.225 e. The Balaban J connectivity index is 1.35. The molecule has 3 N–H and O–H groups in total. The highest BCUT2D eigenvalue weighted by Crippen LogP contribution is 2.43. The number of ketones is 1. The van der Waals surface area contributed by atoms with E-state index in [0.717, 1.165) is 70.6 Å². The molecule has 0 aromatic rings. The topological polar surface area (TPSA) is 123 Å². The minimum absolute atomic E-state index is 0.0132. The molecule has 3 fully saturated rings. The van der Waals surface area contributed by atoms with Crippen LogP contribution < -0.4 is 10.6 Å². The van der Waals surface area contributed by atoms with Gasteiger partial charge in [-0.1, -0.05) is 39.8 Å². The molecule has 0 radical (unpaired) electrons. The van der Waals surface area contributed by atoms with E-state index in [1.54, 1.807) is 19.1 Å². The molecule has 3 rings (SSSR count). The first-order valence-corrected chi connectivity index (χ1v) is 18.0. The van der Waals surface area contributed by atoms with Gasteiger partial charge in [0.15, 0.2) is 11.6 Å². The first-order chi connectivity index (χ1) is 21.9. The molecule has 0 bridgehead atoms. The number of rotatable bonds is 17. The molecule has 3 heterocycles. The fourth-order valence-electron chi connectivity index (χ4n) is 6.95. The molecule has 0 aromatic carbocycles. The van der Waals surface area contributed by atoms with Crippen molar-refractivity contribution < 1.29 is 33.7 Å². The van der Waals surface area contributed by atoms with Crippen molar-refractivity contribution in [3.8, 4) is 0 Å². The molecule has 1 spiro atoms. The van der Waals surface area contributed by atoms with Crippen LogP contribution in [0.15, 0.2) is 24.8 Å². The molecule has 9 heteroatoms. The van der Waals surface area contributed by atoms with E-state index in [0.29, 0.717) is 24.8 Å². The summed E-state index contributed by atoms with van der Waals surface area (Å²) in [7, 11) is 0. The van der Waals surface area contributed by atoms with Crippen LogP contribution in [-0.4, -0.2) is 72.1 Å². The summed E-state index contributed by atoms with van der Waals surface area (Å²) in [6.45, 7) is 14.4. The molecule has 0 saturated carbocycles. The SMILES string of the molecule is C=C[C@@H](C)CC[C@@H]1CCCC2(CCC(C)[C@@H](CCCNC(=O)[C@@H](C)[C@@H](O)CNC(=O)CC3OC(CC(=O)/C=C/C)CCC3C)O2)O1. The molecule has 2 amide bonds. The summed E-state index contributed by atoms with van der Waals surface area (Å²) < 4.78 is 19.4. The van der Waals surface area contributed by atoms with Gasteiger partial charge in [-0.25, -0.2) is 0 Å². The molecule has 3 aliphatic rings. The van der Waals surface area contributed by atoms with E-state index in [1.807, 2.05) is 13.0 Å². The Morgan fingerprint density at radius 2 is 1.72 bits per heavy atom. The Morgan fingerprint density at radius 1 is 0.957 bits per heavy atom. The zero-order valence-corrected chi connectivity index (χ0v) is 29.1. The van der Waals surface area contributed by atoms with E-state index in [-0.39, 0.29) is 60.9 Å². The van der Waals surface area contributed by atoms with Crippen molar-refractivity contribution in [3.63, 3.8) is 0 Å². The average molecular weight is 647 g/mol. The number of allylic oxidation sites excluding steroid dienone is 3. The standard InChI is InChI=1S/C37H62N2O7/c1-7-11-29(40)22-31-17-15-26(4)34(44-31)23-35(42)39-24-32(41)28(6)36(43)38-21-10-13-33-27(5)18-20-37(46-33)19-9-12-30(45-37)16-14-25(3)8-2/h7-8,11,25-28,30-34,41H,2,9-10,12-24H2,1,3-6H3,(H,38,43)(H,39,42)/b11-7+/t25-,26?,27?,28+,30+,31?,32+,33-,34?,37?/m1/s1. The number of carbonyl (C=O) groups excluding carboxylic acids is 3. The van der Waals surface area contributed by atoms with Crippen LogP contribution in [0, 0.1) is 23.7 Å². The van der Waals surface area contributed by atoms with Gasteiger partial charge < -0.3 is 30.0 Å². The number of amides is 2. The van der Waals surface area contributed by atoms with Gasteiger partial charge in [-0.2, -0.15) is 0 Å². The normalized spacial score (nSPS) is 32.0. The van der Waals surface area contributed by atoms with Crippen LogP contribution in [0.3, 0.4) is 0 Å². The van der Waals surface area contributed by atoms with Crippen LogP contribution in [0.2, 0.25) is 0 Å². The monoisotopic (exact) mass is 646 g/mol. The molecule has 262 valence electrons. The lowest BCUT2D eigenvalue weighted by atomic mass is 9.85. The highest BCUT2D eigenvalue weighted by molar-refractivity contribution is 5.89. The molecule has 9 nitrogen and oxygen atoms in total. The Labute approximate surface area is 277 Å². The van der Waals surface area contributed by atoms with Crippen LogP contribution in [0.25, 0.3) is 0 Å². The first-order valence-electron chi connectivity index (χ1n) is 18.0. The summed E-state index contributed by atoms with van der Waals surface area (Å²) >= 11 is 0. The second-order valence-corrected chi connectivity index (χ2v) is 14.3. The minimum Gasteiger partial charge on any atom is -0.390 e. The number of aliphatic hydroxyl groups excluding tert-OH is 1. The highest BCUT2D eigenvalue weighted by Gasteiger charge is 2.44. The molecule has 0 aromatic heterocycles. The third kappa shape index (κ3) is 12.2.